The summed E-state index contributed by atoms with van der Waals surface area (Å²) in [6, 6.07) is 17.0. The second-order valence-electron chi connectivity index (χ2n) is 6.58. The maximum Gasteiger partial charge on any atom is 0.244 e. The topological polar surface area (TPSA) is 88.9 Å². The fourth-order valence-corrected chi connectivity index (χ4v) is 3.56. The summed E-state index contributed by atoms with van der Waals surface area (Å²) in [7, 11) is 1.80. The number of hydrogen-bond donors (Lipinski definition) is 2. The average molecular weight is 456 g/mol. The van der Waals surface area contributed by atoms with E-state index >= 15 is 0 Å². The third-order valence-electron chi connectivity index (χ3n) is 4.33. The summed E-state index contributed by atoms with van der Waals surface area (Å²) in [5.41, 5.74) is 1.81. The van der Waals surface area contributed by atoms with Crippen LogP contribution in [0.1, 0.15) is 17.0 Å². The lowest BCUT2D eigenvalue weighted by molar-refractivity contribution is -0.119. The predicted octanol–water partition coefficient (Wildman–Crippen LogP) is 3.21. The van der Waals surface area contributed by atoms with Gasteiger partial charge in [0.2, 0.25) is 11.8 Å². The van der Waals surface area contributed by atoms with Gasteiger partial charge in [0, 0.05) is 24.7 Å². The predicted molar refractivity (Wildman–Crippen MR) is 122 cm³/mol. The summed E-state index contributed by atoms with van der Waals surface area (Å²) >= 11 is 7.36. The van der Waals surface area contributed by atoms with E-state index in [0.29, 0.717) is 22.5 Å². The molecule has 160 valence electrons. The number of thioether (sulfide) groups is 1. The molecule has 0 fully saturated rings. The molecule has 0 aliphatic rings. The van der Waals surface area contributed by atoms with Crippen LogP contribution in [0.3, 0.4) is 0 Å². The van der Waals surface area contributed by atoms with Crippen LogP contribution in [0, 0.1) is 0 Å². The smallest absolute Gasteiger partial charge is 0.244 e. The van der Waals surface area contributed by atoms with E-state index in [-0.39, 0.29) is 24.1 Å². The highest BCUT2D eigenvalue weighted by Gasteiger charge is 2.12. The second-order valence-corrected chi connectivity index (χ2v) is 7.93. The number of aromatic nitrogens is 3. The zero-order valence-corrected chi connectivity index (χ0v) is 18.5. The number of carbonyl (C=O) groups is 2. The number of rotatable bonds is 9. The second kappa shape index (κ2) is 11.3. The molecule has 2 N–H and O–H groups in total. The van der Waals surface area contributed by atoms with E-state index < -0.39 is 0 Å². The van der Waals surface area contributed by atoms with Crippen molar-refractivity contribution in [2.45, 2.75) is 18.2 Å². The van der Waals surface area contributed by atoms with Gasteiger partial charge in [-0.25, -0.2) is 0 Å². The minimum absolute atomic E-state index is 0.0867. The molecule has 0 aliphatic carbocycles. The van der Waals surface area contributed by atoms with Crippen LogP contribution in [-0.2, 0) is 29.7 Å². The fourth-order valence-electron chi connectivity index (χ4n) is 2.60. The Balaban J connectivity index is 1.44. The number of hydrogen-bond acceptors (Lipinski definition) is 5. The first-order valence-electron chi connectivity index (χ1n) is 9.55. The number of carbonyl (C=O) groups excluding carboxylic acids is 2. The number of halogens is 1. The SMILES string of the molecule is Cn1c(CNC(=O)/C=C/c2ccccc2Cl)nnc1SCC(=O)NCc1ccccc1. The van der Waals surface area contributed by atoms with Crippen LogP contribution >= 0.6 is 23.4 Å². The summed E-state index contributed by atoms with van der Waals surface area (Å²) < 4.78 is 1.76. The zero-order valence-electron chi connectivity index (χ0n) is 16.9. The largest absolute Gasteiger partial charge is 0.351 e. The van der Waals surface area contributed by atoms with E-state index in [1.165, 1.54) is 17.8 Å². The van der Waals surface area contributed by atoms with Crippen LogP contribution in [0.15, 0.2) is 65.8 Å². The first-order valence-corrected chi connectivity index (χ1v) is 10.9. The quantitative estimate of drug-likeness (QED) is 0.382. The standard InChI is InChI=1S/C22H22ClN5O2S/c1-28-19(14-25-20(29)12-11-17-9-5-6-10-18(17)23)26-27-22(28)31-15-21(30)24-13-16-7-3-2-4-8-16/h2-12H,13-15H2,1H3,(H,24,30)(H,25,29)/b12-11+. The molecule has 1 heterocycles. The van der Waals surface area contributed by atoms with Crippen LogP contribution < -0.4 is 10.6 Å². The van der Waals surface area contributed by atoms with Gasteiger partial charge in [-0.3, -0.25) is 9.59 Å². The number of amides is 2. The number of nitrogens with one attached hydrogen (secondary N) is 2. The summed E-state index contributed by atoms with van der Waals surface area (Å²) in [5, 5.41) is 15.0. The molecule has 0 radical (unpaired) electrons. The van der Waals surface area contributed by atoms with Gasteiger partial charge in [0.05, 0.1) is 12.3 Å². The van der Waals surface area contributed by atoms with Crippen LogP contribution in [0.5, 0.6) is 0 Å². The molecule has 1 aromatic heterocycles. The molecule has 0 atom stereocenters. The molecular formula is C22H22ClN5O2S. The van der Waals surface area contributed by atoms with Crippen molar-refractivity contribution in [2.75, 3.05) is 5.75 Å². The van der Waals surface area contributed by atoms with E-state index in [1.807, 2.05) is 48.5 Å². The Morgan fingerprint density at radius 3 is 2.55 bits per heavy atom. The van der Waals surface area contributed by atoms with E-state index in [1.54, 1.807) is 23.8 Å². The van der Waals surface area contributed by atoms with Crippen molar-refractivity contribution >= 4 is 41.3 Å². The minimum atomic E-state index is -0.266. The summed E-state index contributed by atoms with van der Waals surface area (Å²) in [5.74, 6) is 0.465. The van der Waals surface area contributed by atoms with Gasteiger partial charge in [-0.15, -0.1) is 10.2 Å². The molecule has 7 nitrogen and oxygen atoms in total. The van der Waals surface area contributed by atoms with Crippen LogP contribution in [0.4, 0.5) is 0 Å². The van der Waals surface area contributed by atoms with Crippen molar-refractivity contribution in [3.63, 3.8) is 0 Å². The lowest BCUT2D eigenvalue weighted by Gasteiger charge is -2.06. The maximum atomic E-state index is 12.1. The van der Waals surface area contributed by atoms with Crippen molar-refractivity contribution in [2.24, 2.45) is 7.05 Å². The highest BCUT2D eigenvalue weighted by Crippen LogP contribution is 2.17. The van der Waals surface area contributed by atoms with Crippen molar-refractivity contribution in [3.8, 4) is 0 Å². The van der Waals surface area contributed by atoms with Gasteiger partial charge in [0.15, 0.2) is 11.0 Å². The molecule has 2 aromatic carbocycles. The summed E-state index contributed by atoms with van der Waals surface area (Å²) in [6.07, 6.45) is 3.08. The lowest BCUT2D eigenvalue weighted by atomic mass is 10.2. The lowest BCUT2D eigenvalue weighted by Crippen LogP contribution is -2.24. The van der Waals surface area contributed by atoms with E-state index in [9.17, 15) is 9.59 Å². The molecule has 3 aromatic rings. The minimum Gasteiger partial charge on any atom is -0.351 e. The Bertz CT molecular complexity index is 1070. The van der Waals surface area contributed by atoms with Gasteiger partial charge >= 0.3 is 0 Å². The van der Waals surface area contributed by atoms with Crippen molar-refractivity contribution in [1.29, 1.82) is 0 Å². The van der Waals surface area contributed by atoms with Crippen molar-refractivity contribution in [1.82, 2.24) is 25.4 Å². The van der Waals surface area contributed by atoms with Gasteiger partial charge < -0.3 is 15.2 Å². The highest BCUT2D eigenvalue weighted by molar-refractivity contribution is 7.99. The fraction of sp³-hybridized carbons (Fsp3) is 0.182. The molecule has 0 unspecified atom stereocenters. The van der Waals surface area contributed by atoms with Gasteiger partial charge in [-0.05, 0) is 23.3 Å². The van der Waals surface area contributed by atoms with Gasteiger partial charge in [-0.1, -0.05) is 71.9 Å². The molecule has 3 rings (SSSR count). The average Bonchev–Trinajstić information content (AvgIpc) is 3.14. The first kappa shape index (κ1) is 22.6. The first-order chi connectivity index (χ1) is 15.0. The van der Waals surface area contributed by atoms with Gasteiger partial charge in [0.25, 0.3) is 0 Å². The Morgan fingerprint density at radius 2 is 1.77 bits per heavy atom. The zero-order chi connectivity index (χ0) is 22.1. The van der Waals surface area contributed by atoms with Gasteiger partial charge in [-0.2, -0.15) is 0 Å². The molecule has 0 saturated heterocycles. The van der Waals surface area contributed by atoms with E-state index in [4.69, 9.17) is 11.6 Å². The van der Waals surface area contributed by atoms with E-state index in [2.05, 4.69) is 20.8 Å². The summed E-state index contributed by atoms with van der Waals surface area (Å²) in [6.45, 7) is 0.702. The molecular weight excluding hydrogens is 434 g/mol. The van der Waals surface area contributed by atoms with E-state index in [0.717, 1.165) is 11.1 Å². The Labute approximate surface area is 189 Å². The number of nitrogens with zero attached hydrogens (tertiary/aromatic N) is 3. The molecule has 9 heteroatoms. The highest BCUT2D eigenvalue weighted by atomic mass is 35.5. The van der Waals surface area contributed by atoms with Crippen LogP contribution in [-0.4, -0.2) is 32.3 Å². The van der Waals surface area contributed by atoms with Crippen molar-refractivity contribution in [3.05, 3.63) is 82.6 Å². The molecule has 0 bridgehead atoms. The normalized spacial score (nSPS) is 10.9. The maximum absolute atomic E-state index is 12.1. The molecule has 31 heavy (non-hydrogen) atoms. The van der Waals surface area contributed by atoms with Crippen LogP contribution in [0.25, 0.3) is 6.08 Å². The molecule has 0 saturated carbocycles. The Morgan fingerprint density at radius 1 is 1.03 bits per heavy atom. The third-order valence-corrected chi connectivity index (χ3v) is 5.69. The molecule has 0 spiro atoms. The summed E-state index contributed by atoms with van der Waals surface area (Å²) in [4.78, 5) is 24.1. The number of benzene rings is 2. The third kappa shape index (κ3) is 6.97. The van der Waals surface area contributed by atoms with Crippen molar-refractivity contribution < 1.29 is 9.59 Å². The van der Waals surface area contributed by atoms with Crippen LogP contribution in [0.2, 0.25) is 5.02 Å². The van der Waals surface area contributed by atoms with Gasteiger partial charge in [0.1, 0.15) is 0 Å². The Hall–Kier alpha value is -3.10. The molecule has 0 aliphatic heterocycles. The monoisotopic (exact) mass is 455 g/mol. The molecule has 2 amide bonds. The Kier molecular flexibility index (Phi) is 8.26.